The van der Waals surface area contributed by atoms with Gasteiger partial charge in [0.05, 0.1) is 5.41 Å². The predicted octanol–water partition coefficient (Wildman–Crippen LogP) is 3.59. The monoisotopic (exact) mass is 330 g/mol. The van der Waals surface area contributed by atoms with Crippen molar-refractivity contribution >= 4 is 5.91 Å². The van der Waals surface area contributed by atoms with E-state index < -0.39 is 0 Å². The van der Waals surface area contributed by atoms with Gasteiger partial charge in [0, 0.05) is 19.6 Å². The molecule has 3 heteroatoms. The van der Waals surface area contributed by atoms with Crippen LogP contribution in [0.3, 0.4) is 0 Å². The van der Waals surface area contributed by atoms with Crippen LogP contribution in [0.15, 0.2) is 0 Å². The normalized spacial score (nSPS) is 49.1. The number of carbonyl (C=O) groups excluding carboxylic acids is 1. The highest BCUT2D eigenvalue weighted by molar-refractivity contribution is 5.83. The van der Waals surface area contributed by atoms with Crippen molar-refractivity contribution in [2.24, 2.45) is 27.6 Å². The first-order valence-electron chi connectivity index (χ1n) is 10.3. The number of hydrogen-bond acceptors (Lipinski definition) is 2. The molecule has 6 rings (SSSR count). The minimum Gasteiger partial charge on any atom is -0.342 e. The standard InChI is InChI=1S/C21H34N2O/c1-18-9-16-10-19(2,12-18)14-21(11-16,13-18)17(24)23-7-4-20(5-8-23)3-6-22-15-20/h16,22H,3-15H2,1-2H3. The molecule has 3 nitrogen and oxygen atoms in total. The number of hydrogen-bond donors (Lipinski definition) is 1. The average Bonchev–Trinajstić information content (AvgIpc) is 2.92. The van der Waals surface area contributed by atoms with Crippen molar-refractivity contribution in [1.29, 1.82) is 0 Å². The van der Waals surface area contributed by atoms with E-state index in [2.05, 4.69) is 24.1 Å². The molecule has 0 aromatic rings. The molecule has 134 valence electrons. The lowest BCUT2D eigenvalue weighted by Gasteiger charge is -2.65. The lowest BCUT2D eigenvalue weighted by Crippen LogP contribution is -2.61. The predicted molar refractivity (Wildman–Crippen MR) is 95.6 cm³/mol. The Balaban J connectivity index is 1.36. The molecule has 2 heterocycles. The Bertz CT molecular complexity index is 536. The number of piperidine rings is 1. The van der Waals surface area contributed by atoms with Crippen LogP contribution in [-0.4, -0.2) is 37.0 Å². The Morgan fingerprint density at radius 1 is 0.958 bits per heavy atom. The van der Waals surface area contributed by atoms with Gasteiger partial charge >= 0.3 is 0 Å². The Morgan fingerprint density at radius 3 is 2.17 bits per heavy atom. The molecule has 2 atom stereocenters. The van der Waals surface area contributed by atoms with Crippen molar-refractivity contribution < 1.29 is 4.79 Å². The summed E-state index contributed by atoms with van der Waals surface area (Å²) in [6.45, 7) is 9.34. The summed E-state index contributed by atoms with van der Waals surface area (Å²) in [7, 11) is 0. The van der Waals surface area contributed by atoms with Crippen LogP contribution < -0.4 is 5.32 Å². The molecule has 24 heavy (non-hydrogen) atoms. The lowest BCUT2D eigenvalue weighted by molar-refractivity contribution is -0.181. The van der Waals surface area contributed by atoms with Gasteiger partial charge in [-0.2, -0.15) is 0 Å². The fourth-order valence-corrected chi connectivity index (χ4v) is 8.43. The summed E-state index contributed by atoms with van der Waals surface area (Å²) < 4.78 is 0. The molecule has 2 unspecified atom stereocenters. The van der Waals surface area contributed by atoms with E-state index in [1.165, 1.54) is 70.9 Å². The van der Waals surface area contributed by atoms with Gasteiger partial charge in [0.2, 0.25) is 5.91 Å². The van der Waals surface area contributed by atoms with E-state index in [4.69, 9.17) is 0 Å². The van der Waals surface area contributed by atoms with Crippen molar-refractivity contribution in [3.05, 3.63) is 0 Å². The fraction of sp³-hybridized carbons (Fsp3) is 0.952. The van der Waals surface area contributed by atoms with Crippen LogP contribution in [0, 0.1) is 27.6 Å². The van der Waals surface area contributed by atoms with Crippen LogP contribution in [0.4, 0.5) is 0 Å². The summed E-state index contributed by atoms with van der Waals surface area (Å²) in [4.78, 5) is 15.9. The number of nitrogens with one attached hydrogen (secondary N) is 1. The topological polar surface area (TPSA) is 32.3 Å². The lowest BCUT2D eigenvalue weighted by atomic mass is 9.40. The molecule has 4 saturated carbocycles. The zero-order valence-electron chi connectivity index (χ0n) is 15.6. The Morgan fingerprint density at radius 2 is 1.62 bits per heavy atom. The van der Waals surface area contributed by atoms with Crippen LogP contribution in [0.5, 0.6) is 0 Å². The highest BCUT2D eigenvalue weighted by Crippen LogP contribution is 2.70. The number of nitrogens with zero attached hydrogens (tertiary/aromatic N) is 1. The minimum atomic E-state index is 0.00134. The third-order valence-electron chi connectivity index (χ3n) is 8.52. The van der Waals surface area contributed by atoms with E-state index in [0.717, 1.165) is 19.0 Å². The molecule has 0 aromatic heterocycles. The van der Waals surface area contributed by atoms with Gasteiger partial charge in [-0.25, -0.2) is 0 Å². The zero-order valence-corrected chi connectivity index (χ0v) is 15.6. The Kier molecular flexibility index (Phi) is 3.12. The molecule has 1 spiro atoms. The second-order valence-corrected chi connectivity index (χ2v) is 11.1. The van der Waals surface area contributed by atoms with Crippen LogP contribution >= 0.6 is 0 Å². The maximum absolute atomic E-state index is 13.6. The molecule has 2 aliphatic heterocycles. The summed E-state index contributed by atoms with van der Waals surface area (Å²) in [5.74, 6) is 1.36. The fourth-order valence-electron chi connectivity index (χ4n) is 8.43. The van der Waals surface area contributed by atoms with Crippen molar-refractivity contribution in [2.75, 3.05) is 26.2 Å². The van der Waals surface area contributed by atoms with E-state index in [0.29, 0.717) is 22.2 Å². The third-order valence-corrected chi connectivity index (χ3v) is 8.52. The van der Waals surface area contributed by atoms with Crippen LogP contribution in [-0.2, 0) is 4.79 Å². The first-order valence-corrected chi connectivity index (χ1v) is 10.3. The molecule has 6 aliphatic rings. The zero-order chi connectivity index (χ0) is 16.6. The van der Waals surface area contributed by atoms with E-state index in [1.54, 1.807) is 0 Å². The maximum atomic E-state index is 13.6. The van der Waals surface area contributed by atoms with Gasteiger partial charge in [-0.1, -0.05) is 13.8 Å². The van der Waals surface area contributed by atoms with Crippen LogP contribution in [0.25, 0.3) is 0 Å². The Hall–Kier alpha value is -0.570. The summed E-state index contributed by atoms with van der Waals surface area (Å²) in [5.41, 5.74) is 1.39. The highest BCUT2D eigenvalue weighted by atomic mass is 16.2. The van der Waals surface area contributed by atoms with E-state index >= 15 is 0 Å². The van der Waals surface area contributed by atoms with Gasteiger partial charge in [0.25, 0.3) is 0 Å². The van der Waals surface area contributed by atoms with E-state index in [9.17, 15) is 4.79 Å². The van der Waals surface area contributed by atoms with E-state index in [1.807, 2.05) is 0 Å². The van der Waals surface area contributed by atoms with Crippen LogP contribution in [0.2, 0.25) is 0 Å². The van der Waals surface area contributed by atoms with Crippen molar-refractivity contribution in [2.45, 2.75) is 71.6 Å². The van der Waals surface area contributed by atoms with Gasteiger partial charge < -0.3 is 10.2 Å². The minimum absolute atomic E-state index is 0.00134. The SMILES string of the molecule is CC12CC3CC(C)(C1)CC(C(=O)N1CCC4(CCNC4)CC1)(C3)C2. The summed E-state index contributed by atoms with van der Waals surface area (Å²) in [6.07, 6.45) is 11.4. The largest absolute Gasteiger partial charge is 0.342 e. The third kappa shape index (κ3) is 2.22. The second kappa shape index (κ2) is 4.78. The molecule has 0 radical (unpaired) electrons. The quantitative estimate of drug-likeness (QED) is 0.797. The molecule has 6 fully saturated rings. The number of likely N-dealkylation sites (tertiary alicyclic amines) is 1. The summed E-state index contributed by atoms with van der Waals surface area (Å²) in [6, 6.07) is 0. The maximum Gasteiger partial charge on any atom is 0.228 e. The van der Waals surface area contributed by atoms with Crippen molar-refractivity contribution in [1.82, 2.24) is 10.2 Å². The summed E-state index contributed by atoms with van der Waals surface area (Å²) >= 11 is 0. The van der Waals surface area contributed by atoms with Gasteiger partial charge in [0.1, 0.15) is 0 Å². The molecule has 1 amide bonds. The first-order chi connectivity index (χ1) is 11.3. The Labute approximate surface area is 146 Å². The molecule has 4 bridgehead atoms. The molecule has 1 N–H and O–H groups in total. The van der Waals surface area contributed by atoms with E-state index in [-0.39, 0.29) is 5.41 Å². The second-order valence-electron chi connectivity index (χ2n) is 11.1. The molecular formula is C21H34N2O. The molecule has 4 aliphatic carbocycles. The molecule has 0 aromatic carbocycles. The summed E-state index contributed by atoms with van der Waals surface area (Å²) in [5, 5.41) is 3.54. The highest BCUT2D eigenvalue weighted by Gasteiger charge is 2.63. The first kappa shape index (κ1) is 15.7. The van der Waals surface area contributed by atoms with Gasteiger partial charge in [-0.15, -0.1) is 0 Å². The number of rotatable bonds is 1. The average molecular weight is 331 g/mol. The van der Waals surface area contributed by atoms with Gasteiger partial charge in [0.15, 0.2) is 0 Å². The van der Waals surface area contributed by atoms with Crippen LogP contribution in [0.1, 0.15) is 71.6 Å². The molecular weight excluding hydrogens is 296 g/mol. The van der Waals surface area contributed by atoms with Gasteiger partial charge in [-0.05, 0) is 86.5 Å². The number of carbonyl (C=O) groups is 1. The van der Waals surface area contributed by atoms with Crippen molar-refractivity contribution in [3.8, 4) is 0 Å². The number of amides is 1. The molecule has 2 saturated heterocycles. The van der Waals surface area contributed by atoms with Gasteiger partial charge in [-0.3, -0.25) is 4.79 Å². The van der Waals surface area contributed by atoms with Crippen molar-refractivity contribution in [3.63, 3.8) is 0 Å². The smallest absolute Gasteiger partial charge is 0.228 e.